The number of nitrogens with one attached hydrogen (secondary N) is 1. The summed E-state index contributed by atoms with van der Waals surface area (Å²) in [6.07, 6.45) is 4.08. The SMILES string of the molecule is CCN(CCc1ccncc1)C(=O)C(=O)Nc1ccccc1Cl. The smallest absolute Gasteiger partial charge is 0.313 e. The van der Waals surface area contributed by atoms with Gasteiger partial charge < -0.3 is 10.2 Å². The van der Waals surface area contributed by atoms with Crippen molar-refractivity contribution < 1.29 is 9.59 Å². The van der Waals surface area contributed by atoms with Gasteiger partial charge in [0.05, 0.1) is 10.7 Å². The molecule has 6 heteroatoms. The molecule has 0 spiro atoms. The first-order valence-corrected chi connectivity index (χ1v) is 7.73. The van der Waals surface area contributed by atoms with Gasteiger partial charge in [-0.3, -0.25) is 14.6 Å². The summed E-state index contributed by atoms with van der Waals surface area (Å²) < 4.78 is 0. The van der Waals surface area contributed by atoms with Gasteiger partial charge in [0.2, 0.25) is 0 Å². The predicted molar refractivity (Wildman–Crippen MR) is 90.3 cm³/mol. The Morgan fingerprint density at radius 1 is 1.17 bits per heavy atom. The molecule has 0 atom stereocenters. The van der Waals surface area contributed by atoms with E-state index in [2.05, 4.69) is 10.3 Å². The third kappa shape index (κ3) is 4.79. The number of hydrogen-bond acceptors (Lipinski definition) is 3. The van der Waals surface area contributed by atoms with E-state index in [4.69, 9.17) is 11.6 Å². The number of halogens is 1. The van der Waals surface area contributed by atoms with Gasteiger partial charge in [-0.05, 0) is 43.2 Å². The van der Waals surface area contributed by atoms with Crippen LogP contribution in [-0.2, 0) is 16.0 Å². The summed E-state index contributed by atoms with van der Waals surface area (Å²) in [5.74, 6) is -1.25. The molecule has 2 aromatic rings. The van der Waals surface area contributed by atoms with Crippen LogP contribution in [-0.4, -0.2) is 34.8 Å². The number of likely N-dealkylation sites (N-methyl/N-ethyl adjacent to an activating group) is 1. The Morgan fingerprint density at radius 2 is 1.87 bits per heavy atom. The highest BCUT2D eigenvalue weighted by Gasteiger charge is 2.21. The Balaban J connectivity index is 1.96. The summed E-state index contributed by atoms with van der Waals surface area (Å²) in [5, 5.41) is 2.95. The molecule has 0 aliphatic carbocycles. The number of nitrogens with zero attached hydrogens (tertiary/aromatic N) is 2. The van der Waals surface area contributed by atoms with Crippen molar-refractivity contribution in [2.24, 2.45) is 0 Å². The quantitative estimate of drug-likeness (QED) is 0.857. The fourth-order valence-corrected chi connectivity index (χ4v) is 2.28. The lowest BCUT2D eigenvalue weighted by atomic mass is 10.2. The Labute approximate surface area is 140 Å². The van der Waals surface area contributed by atoms with Gasteiger partial charge in [0, 0.05) is 25.5 Å². The Kier molecular flexibility index (Phi) is 6.11. The molecule has 0 aliphatic rings. The number of para-hydroxylation sites is 1. The number of hydrogen-bond donors (Lipinski definition) is 1. The number of carbonyl (C=O) groups is 2. The zero-order chi connectivity index (χ0) is 16.7. The monoisotopic (exact) mass is 331 g/mol. The minimum atomic E-state index is -0.685. The molecule has 2 rings (SSSR count). The number of aromatic nitrogens is 1. The normalized spacial score (nSPS) is 10.2. The van der Waals surface area contributed by atoms with Crippen LogP contribution in [0.3, 0.4) is 0 Å². The van der Waals surface area contributed by atoms with E-state index in [1.54, 1.807) is 36.7 Å². The summed E-state index contributed by atoms with van der Waals surface area (Å²) in [7, 11) is 0. The van der Waals surface area contributed by atoms with Gasteiger partial charge >= 0.3 is 11.8 Å². The molecule has 2 amide bonds. The van der Waals surface area contributed by atoms with E-state index in [0.717, 1.165) is 5.56 Å². The number of pyridine rings is 1. The molecule has 5 nitrogen and oxygen atoms in total. The summed E-state index contributed by atoms with van der Waals surface area (Å²) in [5.41, 5.74) is 1.50. The largest absolute Gasteiger partial charge is 0.334 e. The standard InChI is InChI=1S/C17H18ClN3O2/c1-2-21(12-9-13-7-10-19-11-8-13)17(23)16(22)20-15-6-4-3-5-14(15)18/h3-8,10-11H,2,9,12H2,1H3,(H,20,22). The molecule has 1 aromatic heterocycles. The van der Waals surface area contributed by atoms with Crippen LogP contribution in [0.1, 0.15) is 12.5 Å². The van der Waals surface area contributed by atoms with E-state index >= 15 is 0 Å². The van der Waals surface area contributed by atoms with Gasteiger partial charge in [0.25, 0.3) is 0 Å². The van der Waals surface area contributed by atoms with Crippen molar-refractivity contribution in [2.75, 3.05) is 18.4 Å². The fraction of sp³-hybridized carbons (Fsp3) is 0.235. The van der Waals surface area contributed by atoms with E-state index in [9.17, 15) is 9.59 Å². The second-order valence-electron chi connectivity index (χ2n) is 4.92. The van der Waals surface area contributed by atoms with Crippen LogP contribution in [0, 0.1) is 0 Å². The molecule has 120 valence electrons. The maximum absolute atomic E-state index is 12.3. The predicted octanol–water partition coefficient (Wildman–Crippen LogP) is 2.76. The average molecular weight is 332 g/mol. The van der Waals surface area contributed by atoms with Crippen molar-refractivity contribution in [2.45, 2.75) is 13.3 Å². The van der Waals surface area contributed by atoms with Crippen molar-refractivity contribution in [1.82, 2.24) is 9.88 Å². The van der Waals surface area contributed by atoms with Gasteiger partial charge in [-0.2, -0.15) is 0 Å². The lowest BCUT2D eigenvalue weighted by Crippen LogP contribution is -2.40. The molecular weight excluding hydrogens is 314 g/mol. The summed E-state index contributed by atoms with van der Waals surface area (Å²) in [4.78, 5) is 29.8. The van der Waals surface area contributed by atoms with Crippen LogP contribution in [0.2, 0.25) is 5.02 Å². The van der Waals surface area contributed by atoms with Crippen molar-refractivity contribution in [3.05, 3.63) is 59.4 Å². The van der Waals surface area contributed by atoms with Gasteiger partial charge in [-0.1, -0.05) is 23.7 Å². The molecule has 0 saturated heterocycles. The summed E-state index contributed by atoms with van der Waals surface area (Å²) in [6, 6.07) is 10.6. The Morgan fingerprint density at radius 3 is 2.52 bits per heavy atom. The van der Waals surface area contributed by atoms with Crippen molar-refractivity contribution in [3.63, 3.8) is 0 Å². The van der Waals surface area contributed by atoms with E-state index in [1.807, 2.05) is 19.1 Å². The molecular formula is C17H18ClN3O2. The topological polar surface area (TPSA) is 62.3 Å². The molecule has 0 bridgehead atoms. The first-order valence-electron chi connectivity index (χ1n) is 7.35. The van der Waals surface area contributed by atoms with Crippen LogP contribution < -0.4 is 5.32 Å². The lowest BCUT2D eigenvalue weighted by Gasteiger charge is -2.20. The van der Waals surface area contributed by atoms with E-state index in [1.165, 1.54) is 4.90 Å². The van der Waals surface area contributed by atoms with Crippen LogP contribution in [0.5, 0.6) is 0 Å². The van der Waals surface area contributed by atoms with Crippen molar-refractivity contribution in [1.29, 1.82) is 0 Å². The number of anilines is 1. The highest BCUT2D eigenvalue weighted by atomic mass is 35.5. The molecule has 1 N–H and O–H groups in total. The van der Waals surface area contributed by atoms with Gasteiger partial charge in [-0.15, -0.1) is 0 Å². The molecule has 1 aromatic carbocycles. The zero-order valence-electron chi connectivity index (χ0n) is 12.8. The minimum Gasteiger partial charge on any atom is -0.334 e. The first-order chi connectivity index (χ1) is 11.1. The van der Waals surface area contributed by atoms with Crippen molar-refractivity contribution >= 4 is 29.1 Å². The highest BCUT2D eigenvalue weighted by molar-refractivity contribution is 6.41. The fourth-order valence-electron chi connectivity index (χ4n) is 2.10. The van der Waals surface area contributed by atoms with Gasteiger partial charge in [0.1, 0.15) is 0 Å². The van der Waals surface area contributed by atoms with Crippen LogP contribution in [0.15, 0.2) is 48.8 Å². The molecule has 0 radical (unpaired) electrons. The van der Waals surface area contributed by atoms with Gasteiger partial charge in [0.15, 0.2) is 0 Å². The number of rotatable bonds is 5. The highest BCUT2D eigenvalue weighted by Crippen LogP contribution is 2.20. The van der Waals surface area contributed by atoms with E-state index < -0.39 is 11.8 Å². The molecule has 0 saturated carbocycles. The van der Waals surface area contributed by atoms with Crippen LogP contribution in [0.25, 0.3) is 0 Å². The Hall–Kier alpha value is -2.40. The summed E-state index contributed by atoms with van der Waals surface area (Å²) >= 11 is 5.98. The molecule has 0 aliphatic heterocycles. The third-order valence-electron chi connectivity index (χ3n) is 3.40. The third-order valence-corrected chi connectivity index (χ3v) is 3.73. The second kappa shape index (κ2) is 8.29. The molecule has 0 unspecified atom stereocenters. The first kappa shape index (κ1) is 17.0. The molecule has 23 heavy (non-hydrogen) atoms. The average Bonchev–Trinajstić information content (AvgIpc) is 2.58. The number of carbonyl (C=O) groups excluding carboxylic acids is 2. The zero-order valence-corrected chi connectivity index (χ0v) is 13.6. The second-order valence-corrected chi connectivity index (χ2v) is 5.33. The van der Waals surface area contributed by atoms with Gasteiger partial charge in [-0.25, -0.2) is 0 Å². The van der Waals surface area contributed by atoms with E-state index in [-0.39, 0.29) is 0 Å². The lowest BCUT2D eigenvalue weighted by molar-refractivity contribution is -0.143. The molecule has 1 heterocycles. The van der Waals surface area contributed by atoms with Crippen LogP contribution in [0.4, 0.5) is 5.69 Å². The van der Waals surface area contributed by atoms with E-state index in [0.29, 0.717) is 30.2 Å². The van der Waals surface area contributed by atoms with Crippen molar-refractivity contribution in [3.8, 4) is 0 Å². The molecule has 0 fully saturated rings. The maximum Gasteiger partial charge on any atom is 0.313 e. The Bertz CT molecular complexity index is 677. The summed E-state index contributed by atoms with van der Waals surface area (Å²) in [6.45, 7) is 2.77. The number of benzene rings is 1. The minimum absolute atomic E-state index is 0.397. The number of amides is 2. The maximum atomic E-state index is 12.3. The van der Waals surface area contributed by atoms with Crippen LogP contribution >= 0.6 is 11.6 Å².